The van der Waals surface area contributed by atoms with Crippen LogP contribution in [-0.4, -0.2) is 86.9 Å². The molecule has 3 aliphatic rings. The number of ether oxygens (including phenoxy) is 1. The van der Waals surface area contributed by atoms with Crippen LogP contribution >= 0.6 is 0 Å². The zero-order valence-electron chi connectivity index (χ0n) is 27.1. The Morgan fingerprint density at radius 2 is 1.85 bits per heavy atom. The van der Waals surface area contributed by atoms with Gasteiger partial charge in [-0.05, 0) is 88.5 Å². The van der Waals surface area contributed by atoms with Crippen LogP contribution in [-0.2, 0) is 16.1 Å². The summed E-state index contributed by atoms with van der Waals surface area (Å²) in [5.74, 6) is 0.867. The van der Waals surface area contributed by atoms with Crippen LogP contribution in [0.4, 0.5) is 4.39 Å². The minimum absolute atomic E-state index is 0.0400. The van der Waals surface area contributed by atoms with E-state index in [9.17, 15) is 14.0 Å². The van der Waals surface area contributed by atoms with E-state index in [0.717, 1.165) is 54.9 Å². The molecule has 7 rings (SSSR count). The summed E-state index contributed by atoms with van der Waals surface area (Å²) in [6.45, 7) is 8.97. The number of aromatic nitrogens is 3. The zero-order chi connectivity index (χ0) is 32.1. The molecular formula is C36H45FN6O3. The molecule has 1 saturated carbocycles. The van der Waals surface area contributed by atoms with Gasteiger partial charge in [0, 0.05) is 49.4 Å². The highest BCUT2D eigenvalue weighted by Gasteiger charge is 2.31. The number of aryl methyl sites for hydroxylation is 1. The van der Waals surface area contributed by atoms with Gasteiger partial charge in [-0.2, -0.15) is 5.10 Å². The highest BCUT2D eigenvalue weighted by Crippen LogP contribution is 2.41. The lowest BCUT2D eigenvalue weighted by atomic mass is 9.88. The van der Waals surface area contributed by atoms with Crippen LogP contribution in [0.5, 0.6) is 0 Å². The van der Waals surface area contributed by atoms with Crippen LogP contribution in [0.15, 0.2) is 42.6 Å². The van der Waals surface area contributed by atoms with Gasteiger partial charge in [0.1, 0.15) is 18.5 Å². The summed E-state index contributed by atoms with van der Waals surface area (Å²) >= 11 is 0. The van der Waals surface area contributed by atoms with Crippen molar-refractivity contribution in [1.29, 1.82) is 0 Å². The second-order valence-corrected chi connectivity index (χ2v) is 13.9. The Bertz CT molecular complexity index is 1760. The van der Waals surface area contributed by atoms with Gasteiger partial charge in [0.05, 0.1) is 34.9 Å². The SMILES string of the molecule is Cc1c(-c2cc3cccc(C4CCN(C(=O)COC(C)C)CC4)c3n2CC2CC2)nn2cc(C(=O)N3C[C@H](N)C[C@@H](F)C3)ccc12. The summed E-state index contributed by atoms with van der Waals surface area (Å²) in [7, 11) is 0. The normalized spacial score (nSPS) is 21.2. The van der Waals surface area contributed by atoms with Crippen molar-refractivity contribution in [2.45, 2.75) is 83.7 Å². The molecule has 5 heterocycles. The number of nitrogens with two attached hydrogens (primary N) is 1. The van der Waals surface area contributed by atoms with Crippen LogP contribution < -0.4 is 5.73 Å². The van der Waals surface area contributed by atoms with Crippen molar-refractivity contribution in [2.75, 3.05) is 32.8 Å². The quantitative estimate of drug-likeness (QED) is 0.285. The predicted molar refractivity (Wildman–Crippen MR) is 177 cm³/mol. The third kappa shape index (κ3) is 6.05. The lowest BCUT2D eigenvalue weighted by Crippen LogP contribution is -2.50. The van der Waals surface area contributed by atoms with E-state index < -0.39 is 6.17 Å². The zero-order valence-corrected chi connectivity index (χ0v) is 27.1. The number of carbonyl (C=O) groups excluding carboxylic acids is 2. The number of rotatable bonds is 8. The molecule has 2 saturated heterocycles. The second-order valence-electron chi connectivity index (χ2n) is 13.9. The first kappa shape index (κ1) is 30.9. The van der Waals surface area contributed by atoms with Gasteiger partial charge in [0.2, 0.25) is 5.91 Å². The first-order chi connectivity index (χ1) is 22.2. The second kappa shape index (κ2) is 12.4. The number of nitrogens with zero attached hydrogens (tertiary/aromatic N) is 5. The first-order valence-corrected chi connectivity index (χ1v) is 16.9. The average Bonchev–Trinajstić information content (AvgIpc) is 3.71. The number of benzene rings is 1. The molecule has 0 radical (unpaired) electrons. The lowest BCUT2D eigenvalue weighted by Gasteiger charge is -2.33. The van der Waals surface area contributed by atoms with E-state index in [4.69, 9.17) is 15.6 Å². The Kier molecular flexibility index (Phi) is 8.35. The number of piperidine rings is 2. The fourth-order valence-corrected chi connectivity index (χ4v) is 7.36. The number of para-hydroxylation sites is 1. The Morgan fingerprint density at radius 1 is 1.07 bits per heavy atom. The van der Waals surface area contributed by atoms with E-state index in [1.165, 1.54) is 34.2 Å². The fourth-order valence-electron chi connectivity index (χ4n) is 7.36. The number of halogens is 1. The van der Waals surface area contributed by atoms with Gasteiger partial charge in [-0.15, -0.1) is 0 Å². The summed E-state index contributed by atoms with van der Waals surface area (Å²) < 4.78 is 24.1. The van der Waals surface area contributed by atoms with Crippen LogP contribution in [0.1, 0.15) is 73.4 Å². The smallest absolute Gasteiger partial charge is 0.255 e. The van der Waals surface area contributed by atoms with E-state index in [-0.39, 0.29) is 43.5 Å². The molecule has 3 fully saturated rings. The highest BCUT2D eigenvalue weighted by atomic mass is 19.1. The molecular weight excluding hydrogens is 583 g/mol. The standard InChI is InChI=1S/C36H45FN6O3/c1-22(2)46-21-33(44)40-13-11-25(12-14-40)30-6-4-5-26-15-32(42(35(26)30)17-24-7-8-24)34-23(3)31-10-9-27(18-43(31)39-34)36(45)41-19-28(37)16-29(38)20-41/h4-6,9-10,15,18,22,24-25,28-29H,7-8,11-14,16-17,19-21,38H2,1-3H3/t28-,29-/m1/s1. The van der Waals surface area contributed by atoms with Crippen LogP contribution in [0.3, 0.4) is 0 Å². The molecule has 0 bridgehead atoms. The van der Waals surface area contributed by atoms with Crippen molar-refractivity contribution < 1.29 is 18.7 Å². The number of hydrogen-bond acceptors (Lipinski definition) is 5. The van der Waals surface area contributed by atoms with Gasteiger partial charge in [-0.25, -0.2) is 8.91 Å². The fraction of sp³-hybridized carbons (Fsp3) is 0.528. The Labute approximate surface area is 269 Å². The topological polar surface area (TPSA) is 98.1 Å². The summed E-state index contributed by atoms with van der Waals surface area (Å²) in [6.07, 6.45) is 5.30. The molecule has 2 aliphatic heterocycles. The molecule has 3 aromatic heterocycles. The maximum Gasteiger partial charge on any atom is 0.255 e. The Balaban J connectivity index is 1.20. The highest BCUT2D eigenvalue weighted by molar-refractivity contribution is 5.95. The molecule has 0 spiro atoms. The molecule has 4 aromatic rings. The molecule has 0 unspecified atom stereocenters. The van der Waals surface area contributed by atoms with Crippen LogP contribution in [0, 0.1) is 12.8 Å². The monoisotopic (exact) mass is 628 g/mol. The van der Waals surface area contributed by atoms with Gasteiger partial charge in [0.15, 0.2) is 0 Å². The van der Waals surface area contributed by atoms with Crippen molar-refractivity contribution in [3.05, 3.63) is 59.3 Å². The molecule has 2 N–H and O–H groups in total. The van der Waals surface area contributed by atoms with Gasteiger partial charge in [-0.1, -0.05) is 18.2 Å². The molecule has 2 amide bonds. The number of hydrogen-bond donors (Lipinski definition) is 1. The average molecular weight is 629 g/mol. The van der Waals surface area contributed by atoms with Crippen molar-refractivity contribution in [3.63, 3.8) is 0 Å². The summed E-state index contributed by atoms with van der Waals surface area (Å²) in [5.41, 5.74) is 13.1. The third-order valence-electron chi connectivity index (χ3n) is 10.0. The largest absolute Gasteiger partial charge is 0.369 e. The van der Waals surface area contributed by atoms with E-state index in [1.807, 2.05) is 30.9 Å². The lowest BCUT2D eigenvalue weighted by molar-refractivity contribution is -0.138. The van der Waals surface area contributed by atoms with Crippen molar-refractivity contribution >= 4 is 28.2 Å². The maximum absolute atomic E-state index is 14.2. The van der Waals surface area contributed by atoms with Gasteiger partial charge in [-0.3, -0.25) is 9.59 Å². The summed E-state index contributed by atoms with van der Waals surface area (Å²) in [5, 5.41) is 6.26. The molecule has 1 aliphatic carbocycles. The van der Waals surface area contributed by atoms with Crippen LogP contribution in [0.2, 0.25) is 0 Å². The van der Waals surface area contributed by atoms with E-state index in [0.29, 0.717) is 23.9 Å². The van der Waals surface area contributed by atoms with E-state index >= 15 is 0 Å². The molecule has 46 heavy (non-hydrogen) atoms. The number of fused-ring (bicyclic) bond motifs is 2. The number of alkyl halides is 1. The first-order valence-electron chi connectivity index (χ1n) is 16.9. The number of carbonyl (C=O) groups is 2. The molecule has 2 atom stereocenters. The minimum Gasteiger partial charge on any atom is -0.369 e. The summed E-state index contributed by atoms with van der Waals surface area (Å²) in [4.78, 5) is 29.5. The number of amides is 2. The van der Waals surface area contributed by atoms with Crippen molar-refractivity contribution in [2.24, 2.45) is 11.7 Å². The third-order valence-corrected chi connectivity index (χ3v) is 10.0. The number of pyridine rings is 1. The van der Waals surface area contributed by atoms with Gasteiger partial charge >= 0.3 is 0 Å². The molecule has 1 aromatic carbocycles. The maximum atomic E-state index is 14.2. The molecule has 10 heteroatoms. The van der Waals surface area contributed by atoms with Gasteiger partial charge in [0.25, 0.3) is 5.91 Å². The van der Waals surface area contributed by atoms with Crippen LogP contribution in [0.25, 0.3) is 27.8 Å². The molecule has 244 valence electrons. The summed E-state index contributed by atoms with van der Waals surface area (Å²) in [6, 6.07) is 12.3. The molecule has 9 nitrogen and oxygen atoms in total. The van der Waals surface area contributed by atoms with Crippen molar-refractivity contribution in [1.82, 2.24) is 24.0 Å². The Hall–Kier alpha value is -3.76. The van der Waals surface area contributed by atoms with E-state index in [1.54, 1.807) is 10.7 Å². The van der Waals surface area contributed by atoms with E-state index in [2.05, 4.69) is 35.8 Å². The minimum atomic E-state index is -1.10. The Morgan fingerprint density at radius 3 is 2.57 bits per heavy atom. The van der Waals surface area contributed by atoms with Gasteiger partial charge < -0.3 is 24.8 Å². The number of likely N-dealkylation sites (tertiary alicyclic amines) is 2. The predicted octanol–water partition coefficient (Wildman–Crippen LogP) is 5.32. The van der Waals surface area contributed by atoms with Crippen molar-refractivity contribution in [3.8, 4) is 11.4 Å².